The van der Waals surface area contributed by atoms with E-state index in [1.54, 1.807) is 6.92 Å². The van der Waals surface area contributed by atoms with Gasteiger partial charge in [0.05, 0.1) is 12.0 Å². The van der Waals surface area contributed by atoms with E-state index in [9.17, 15) is 19.5 Å². The summed E-state index contributed by atoms with van der Waals surface area (Å²) in [6.07, 6.45) is 4.54. The zero-order valence-electron chi connectivity index (χ0n) is 18.1. The second-order valence-corrected chi connectivity index (χ2v) is 8.31. The molecule has 3 aromatic rings. The molecule has 2 heterocycles. The Morgan fingerprint density at radius 2 is 1.81 bits per heavy atom. The van der Waals surface area contributed by atoms with Crippen molar-refractivity contribution in [3.05, 3.63) is 44.5 Å². The van der Waals surface area contributed by atoms with Crippen LogP contribution in [0.1, 0.15) is 60.6 Å². The lowest BCUT2D eigenvalue weighted by molar-refractivity contribution is -0.308. The predicted octanol–water partition coefficient (Wildman–Crippen LogP) is 2.61. The molecule has 0 aliphatic heterocycles. The van der Waals surface area contributed by atoms with E-state index >= 15 is 0 Å². The average Bonchev–Trinajstić information content (AvgIpc) is 3.12. The van der Waals surface area contributed by atoms with Gasteiger partial charge < -0.3 is 24.1 Å². The summed E-state index contributed by atoms with van der Waals surface area (Å²) in [4.78, 5) is 35.9. The number of fused-ring (bicyclic) bond motifs is 4. The standard InChI is InChI=1S/C24H27NO6/c1-4-18(23(27)28)25-20(26)10-9-14-12(2)16-11-17-15-7-5-6-8-19(15)30-22(17)13(3)21(16)31-24(14)29/h11,18H,4-10H2,1-3H3,(H,25,26)(H,27,28)/p-1/t18-/m0/s1. The molecule has 0 spiro atoms. The SMILES string of the molecule is CC[C@H](NC(=O)CCc1c(C)c2cc3c4c(oc3c(C)c2oc1=O)CCCC4)C(=O)[O-]. The topological polar surface area (TPSA) is 113 Å². The van der Waals surface area contributed by atoms with Crippen LogP contribution in [0, 0.1) is 13.8 Å². The van der Waals surface area contributed by atoms with Crippen LogP contribution < -0.4 is 16.0 Å². The second-order valence-electron chi connectivity index (χ2n) is 8.31. The molecule has 1 amide bonds. The van der Waals surface area contributed by atoms with Crippen molar-refractivity contribution in [1.29, 1.82) is 0 Å². The molecule has 7 heteroatoms. The van der Waals surface area contributed by atoms with Crippen molar-refractivity contribution < 1.29 is 23.5 Å². The first-order valence-electron chi connectivity index (χ1n) is 10.8. The number of nitrogens with one attached hydrogen (secondary N) is 1. The number of aliphatic carboxylic acids is 1. The minimum absolute atomic E-state index is 0.0107. The third-order valence-electron chi connectivity index (χ3n) is 6.35. The summed E-state index contributed by atoms with van der Waals surface area (Å²) in [5, 5.41) is 15.4. The summed E-state index contributed by atoms with van der Waals surface area (Å²) in [6, 6.07) is 1.00. The smallest absolute Gasteiger partial charge is 0.339 e. The summed E-state index contributed by atoms with van der Waals surface area (Å²) >= 11 is 0. The van der Waals surface area contributed by atoms with Crippen LogP contribution in [-0.4, -0.2) is 17.9 Å². The maximum atomic E-state index is 12.7. The van der Waals surface area contributed by atoms with Crippen LogP contribution in [0.4, 0.5) is 0 Å². The van der Waals surface area contributed by atoms with Crippen molar-refractivity contribution >= 4 is 33.8 Å². The minimum atomic E-state index is -1.32. The lowest BCUT2D eigenvalue weighted by Crippen LogP contribution is -2.47. The Bertz CT molecular complexity index is 1250. The Morgan fingerprint density at radius 3 is 2.52 bits per heavy atom. The number of hydrogen-bond donors (Lipinski definition) is 1. The van der Waals surface area contributed by atoms with Gasteiger partial charge in [0.2, 0.25) is 5.91 Å². The van der Waals surface area contributed by atoms with Crippen molar-refractivity contribution in [1.82, 2.24) is 5.32 Å². The molecular formula is C24H26NO6-. The Morgan fingerprint density at radius 1 is 1.10 bits per heavy atom. The third-order valence-corrected chi connectivity index (χ3v) is 6.35. The van der Waals surface area contributed by atoms with Crippen LogP contribution in [0.15, 0.2) is 19.7 Å². The van der Waals surface area contributed by atoms with E-state index in [1.807, 2.05) is 19.9 Å². The summed E-state index contributed by atoms with van der Waals surface area (Å²) in [7, 11) is 0. The molecule has 0 fully saturated rings. The maximum Gasteiger partial charge on any atom is 0.339 e. The molecule has 1 aliphatic rings. The number of hydrogen-bond acceptors (Lipinski definition) is 6. The monoisotopic (exact) mass is 424 g/mol. The number of aryl methyl sites for hydroxylation is 4. The molecule has 2 aromatic heterocycles. The second kappa shape index (κ2) is 8.21. The predicted molar refractivity (Wildman–Crippen MR) is 114 cm³/mol. The van der Waals surface area contributed by atoms with Crippen LogP contribution in [0.3, 0.4) is 0 Å². The van der Waals surface area contributed by atoms with Gasteiger partial charge in [0.25, 0.3) is 0 Å². The number of benzene rings is 1. The Hall–Kier alpha value is -3.09. The first-order valence-corrected chi connectivity index (χ1v) is 10.8. The normalized spacial score (nSPS) is 14.5. The van der Waals surface area contributed by atoms with Crippen molar-refractivity contribution in [2.75, 3.05) is 0 Å². The molecule has 4 rings (SSSR count). The van der Waals surface area contributed by atoms with E-state index in [-0.39, 0.29) is 19.3 Å². The van der Waals surface area contributed by atoms with Crippen LogP contribution >= 0.6 is 0 Å². The summed E-state index contributed by atoms with van der Waals surface area (Å²) in [6.45, 7) is 5.42. The number of carbonyl (C=O) groups is 2. The maximum absolute atomic E-state index is 12.7. The van der Waals surface area contributed by atoms with Gasteiger partial charge in [-0.1, -0.05) is 6.92 Å². The average molecular weight is 424 g/mol. The van der Waals surface area contributed by atoms with Crippen LogP contribution in [0.25, 0.3) is 21.9 Å². The largest absolute Gasteiger partial charge is 0.548 e. The third kappa shape index (κ3) is 3.73. The number of carbonyl (C=O) groups excluding carboxylic acids is 2. The molecule has 164 valence electrons. The fourth-order valence-electron chi connectivity index (χ4n) is 4.54. The highest BCUT2D eigenvalue weighted by molar-refractivity contribution is 6.00. The summed E-state index contributed by atoms with van der Waals surface area (Å²) in [5.41, 5.74) is 4.07. The van der Waals surface area contributed by atoms with E-state index in [0.717, 1.165) is 58.9 Å². The summed E-state index contributed by atoms with van der Waals surface area (Å²) < 4.78 is 11.8. The lowest BCUT2D eigenvalue weighted by atomic mass is 9.93. The zero-order valence-corrected chi connectivity index (χ0v) is 18.1. The van der Waals surface area contributed by atoms with Crippen molar-refractivity contribution in [3.63, 3.8) is 0 Å². The molecule has 1 N–H and O–H groups in total. The summed E-state index contributed by atoms with van der Waals surface area (Å²) in [5.74, 6) is -0.736. The van der Waals surface area contributed by atoms with Gasteiger partial charge in [0.1, 0.15) is 16.9 Å². The Balaban J connectivity index is 1.70. The highest BCUT2D eigenvalue weighted by atomic mass is 16.4. The van der Waals surface area contributed by atoms with E-state index in [4.69, 9.17) is 8.83 Å². The van der Waals surface area contributed by atoms with Gasteiger partial charge in [-0.05, 0) is 57.6 Å². The van der Waals surface area contributed by atoms with Crippen LogP contribution in [0.2, 0.25) is 0 Å². The fourth-order valence-corrected chi connectivity index (χ4v) is 4.54. The van der Waals surface area contributed by atoms with Crippen LogP contribution in [0.5, 0.6) is 0 Å². The molecule has 1 aliphatic carbocycles. The van der Waals surface area contributed by atoms with Gasteiger partial charge in [-0.3, -0.25) is 4.79 Å². The number of rotatable bonds is 6. The van der Waals surface area contributed by atoms with E-state index in [0.29, 0.717) is 11.1 Å². The Labute approximate surface area is 179 Å². The molecular weight excluding hydrogens is 398 g/mol. The van der Waals surface area contributed by atoms with Gasteiger partial charge in [-0.2, -0.15) is 0 Å². The Kier molecular flexibility index (Phi) is 5.60. The molecule has 0 unspecified atom stereocenters. The molecule has 0 radical (unpaired) electrons. The molecule has 7 nitrogen and oxygen atoms in total. The molecule has 0 saturated carbocycles. The first kappa shape index (κ1) is 21.2. The molecule has 31 heavy (non-hydrogen) atoms. The first-order chi connectivity index (χ1) is 14.8. The number of furan rings is 1. The highest BCUT2D eigenvalue weighted by Crippen LogP contribution is 2.37. The van der Waals surface area contributed by atoms with E-state index < -0.39 is 23.5 Å². The molecule has 1 aromatic carbocycles. The minimum Gasteiger partial charge on any atom is -0.548 e. The van der Waals surface area contributed by atoms with Gasteiger partial charge in [0, 0.05) is 40.3 Å². The highest BCUT2D eigenvalue weighted by Gasteiger charge is 2.23. The van der Waals surface area contributed by atoms with E-state index in [2.05, 4.69) is 5.32 Å². The van der Waals surface area contributed by atoms with Crippen molar-refractivity contribution in [3.8, 4) is 0 Å². The van der Waals surface area contributed by atoms with Crippen LogP contribution in [-0.2, 0) is 28.9 Å². The van der Waals surface area contributed by atoms with Gasteiger partial charge >= 0.3 is 5.63 Å². The van der Waals surface area contributed by atoms with Gasteiger partial charge in [0.15, 0.2) is 0 Å². The fraction of sp³-hybridized carbons (Fsp3) is 0.458. The van der Waals surface area contributed by atoms with E-state index in [1.165, 1.54) is 5.56 Å². The number of carboxylic acids is 1. The molecule has 1 atom stereocenters. The zero-order chi connectivity index (χ0) is 22.3. The van der Waals surface area contributed by atoms with Crippen molar-refractivity contribution in [2.45, 2.75) is 71.8 Å². The van der Waals surface area contributed by atoms with Crippen molar-refractivity contribution in [2.24, 2.45) is 0 Å². The number of carboxylic acid groups (broad SMARTS) is 1. The number of amides is 1. The molecule has 0 saturated heterocycles. The van der Waals surface area contributed by atoms with Gasteiger partial charge in [-0.15, -0.1) is 0 Å². The quantitative estimate of drug-likeness (QED) is 0.609. The lowest BCUT2D eigenvalue weighted by Gasteiger charge is -2.17. The van der Waals surface area contributed by atoms with Gasteiger partial charge in [-0.25, -0.2) is 4.79 Å². The molecule has 0 bridgehead atoms.